The van der Waals surface area contributed by atoms with E-state index in [1.165, 1.54) is 51.4 Å². The fourth-order valence-corrected chi connectivity index (χ4v) is 8.19. The topological polar surface area (TPSA) is 105 Å². The average Bonchev–Trinajstić information content (AvgIpc) is 3.31. The number of allylic oxidation sites excluding steroid dienone is 1. The monoisotopic (exact) mass is 892 g/mol. The molecule has 354 valence electrons. The molecule has 0 unspecified atom stereocenters. The molecule has 1 aliphatic heterocycles. The largest absolute Gasteiger partial charge is 0.444 e. The summed E-state index contributed by atoms with van der Waals surface area (Å²) in [5.41, 5.74) is 3.30. The lowest BCUT2D eigenvalue weighted by atomic mass is 9.89. The lowest BCUT2D eigenvalue weighted by molar-refractivity contribution is -0.274. The van der Waals surface area contributed by atoms with E-state index in [4.69, 9.17) is 28.4 Å². The van der Waals surface area contributed by atoms with Crippen LogP contribution in [0.4, 0.5) is 4.79 Å². The molecular weight excluding hydrogens is 815 g/mol. The number of benzene rings is 4. The van der Waals surface area contributed by atoms with E-state index in [1.54, 1.807) is 6.08 Å². The van der Waals surface area contributed by atoms with E-state index in [0.717, 1.165) is 41.5 Å². The van der Waals surface area contributed by atoms with Gasteiger partial charge in [-0.05, 0) is 62.3 Å². The van der Waals surface area contributed by atoms with Gasteiger partial charge in [-0.3, -0.25) is 0 Å². The molecule has 0 spiro atoms. The number of nitrogens with one attached hydrogen (secondary N) is 1. The van der Waals surface area contributed by atoms with Crippen LogP contribution >= 0.6 is 0 Å². The molecule has 5 rings (SSSR count). The quantitative estimate of drug-likeness (QED) is 0.0410. The Hall–Kier alpha value is -4.35. The highest BCUT2D eigenvalue weighted by Crippen LogP contribution is 2.33. The van der Waals surface area contributed by atoms with Crippen molar-refractivity contribution in [2.45, 2.75) is 179 Å². The van der Waals surface area contributed by atoms with Gasteiger partial charge in [-0.25, -0.2) is 4.79 Å². The molecule has 1 heterocycles. The fraction of sp³-hybridized carbons (Fsp3) is 0.518. The normalized spacial score (nSPS) is 19.8. The van der Waals surface area contributed by atoms with Crippen LogP contribution in [0.3, 0.4) is 0 Å². The highest BCUT2D eigenvalue weighted by atomic mass is 16.6. The van der Waals surface area contributed by atoms with E-state index in [1.807, 2.05) is 148 Å². The van der Waals surface area contributed by atoms with Gasteiger partial charge < -0.3 is 38.8 Å². The van der Waals surface area contributed by atoms with Crippen molar-refractivity contribution in [3.8, 4) is 0 Å². The molecule has 0 aromatic heterocycles. The van der Waals surface area contributed by atoms with Crippen molar-refractivity contribution in [1.82, 2.24) is 5.32 Å². The van der Waals surface area contributed by atoms with Gasteiger partial charge in [0.1, 0.15) is 30.0 Å². The van der Waals surface area contributed by atoms with E-state index < -0.39 is 54.4 Å². The molecule has 0 bridgehead atoms. The van der Waals surface area contributed by atoms with Crippen LogP contribution in [-0.4, -0.2) is 66.1 Å². The number of ether oxygens (including phenoxy) is 6. The van der Waals surface area contributed by atoms with Crippen LogP contribution in [-0.2, 0) is 54.8 Å². The number of hydrogen-bond donors (Lipinski definition) is 2. The van der Waals surface area contributed by atoms with Crippen LogP contribution in [0.25, 0.3) is 0 Å². The molecule has 1 saturated heterocycles. The van der Waals surface area contributed by atoms with Crippen molar-refractivity contribution in [2.24, 2.45) is 0 Å². The van der Waals surface area contributed by atoms with Gasteiger partial charge in [0.2, 0.25) is 0 Å². The fourth-order valence-electron chi connectivity index (χ4n) is 8.19. The van der Waals surface area contributed by atoms with Crippen molar-refractivity contribution in [1.29, 1.82) is 0 Å². The number of carbonyl (C=O) groups is 1. The highest BCUT2D eigenvalue weighted by Gasteiger charge is 2.49. The molecule has 1 aliphatic rings. The summed E-state index contributed by atoms with van der Waals surface area (Å²) in [6.45, 7) is 9.21. The number of hydrogen-bond acceptors (Lipinski definition) is 8. The van der Waals surface area contributed by atoms with E-state index in [9.17, 15) is 9.90 Å². The minimum absolute atomic E-state index is 0.189. The van der Waals surface area contributed by atoms with Crippen molar-refractivity contribution in [3.63, 3.8) is 0 Å². The van der Waals surface area contributed by atoms with E-state index in [2.05, 4.69) is 12.2 Å². The van der Waals surface area contributed by atoms with Crippen LogP contribution in [0.15, 0.2) is 133 Å². The molecular formula is C56H77NO8. The second-order valence-electron chi connectivity index (χ2n) is 18.4. The van der Waals surface area contributed by atoms with Gasteiger partial charge in [-0.15, -0.1) is 0 Å². The molecule has 0 aliphatic carbocycles. The molecule has 9 heteroatoms. The van der Waals surface area contributed by atoms with Crippen molar-refractivity contribution in [3.05, 3.63) is 156 Å². The third kappa shape index (κ3) is 20.0. The molecule has 1 fully saturated rings. The number of rotatable bonds is 29. The summed E-state index contributed by atoms with van der Waals surface area (Å²) in [6, 6.07) is 39.4. The third-order valence-electron chi connectivity index (χ3n) is 11.6. The second kappa shape index (κ2) is 29.3. The number of unbranched alkanes of at least 4 members (excludes halogenated alkanes) is 10. The summed E-state index contributed by atoms with van der Waals surface area (Å²) in [6.07, 6.45) is 12.6. The van der Waals surface area contributed by atoms with Crippen LogP contribution in [0.5, 0.6) is 0 Å². The van der Waals surface area contributed by atoms with Gasteiger partial charge in [-0.1, -0.05) is 198 Å². The Morgan fingerprint density at radius 2 is 1.05 bits per heavy atom. The second-order valence-corrected chi connectivity index (χ2v) is 18.4. The first-order valence-electron chi connectivity index (χ1n) is 24.3. The summed E-state index contributed by atoms with van der Waals surface area (Å²) < 4.78 is 40.0. The first-order chi connectivity index (χ1) is 31.7. The summed E-state index contributed by atoms with van der Waals surface area (Å²) in [7, 11) is 0. The predicted octanol–water partition coefficient (Wildman–Crippen LogP) is 12.2. The van der Waals surface area contributed by atoms with Crippen molar-refractivity contribution >= 4 is 6.09 Å². The van der Waals surface area contributed by atoms with Crippen LogP contribution in [0, 0.1) is 0 Å². The Labute approximate surface area is 390 Å². The number of amides is 1. The maximum Gasteiger partial charge on any atom is 0.407 e. The Morgan fingerprint density at radius 3 is 1.52 bits per heavy atom. The molecule has 0 saturated carbocycles. The third-order valence-corrected chi connectivity index (χ3v) is 11.6. The summed E-state index contributed by atoms with van der Waals surface area (Å²) in [5.74, 6) is 0. The van der Waals surface area contributed by atoms with Crippen molar-refractivity contribution < 1.29 is 38.3 Å². The van der Waals surface area contributed by atoms with Crippen molar-refractivity contribution in [2.75, 3.05) is 6.61 Å². The van der Waals surface area contributed by atoms with Gasteiger partial charge in [0.05, 0.1) is 51.3 Å². The number of aliphatic hydroxyl groups excluding tert-OH is 1. The minimum Gasteiger partial charge on any atom is -0.444 e. The minimum atomic E-state index is -1.03. The summed E-state index contributed by atoms with van der Waals surface area (Å²) in [5, 5.41) is 14.9. The Bertz CT molecular complexity index is 1860. The van der Waals surface area contributed by atoms with Gasteiger partial charge in [0, 0.05) is 0 Å². The molecule has 2 N–H and O–H groups in total. The van der Waals surface area contributed by atoms with Gasteiger partial charge in [0.25, 0.3) is 0 Å². The number of carbonyl (C=O) groups excluding carboxylic acids is 1. The smallest absolute Gasteiger partial charge is 0.407 e. The molecule has 1 amide bonds. The van der Waals surface area contributed by atoms with Gasteiger partial charge >= 0.3 is 6.09 Å². The first-order valence-corrected chi connectivity index (χ1v) is 24.3. The molecule has 4 aromatic carbocycles. The zero-order valence-corrected chi connectivity index (χ0v) is 39.6. The summed E-state index contributed by atoms with van der Waals surface area (Å²) >= 11 is 0. The number of aliphatic hydroxyl groups is 1. The first kappa shape index (κ1) is 51.6. The van der Waals surface area contributed by atoms with Crippen LogP contribution in [0.2, 0.25) is 0 Å². The van der Waals surface area contributed by atoms with E-state index >= 15 is 0 Å². The Kier molecular flexibility index (Phi) is 23.3. The lowest BCUT2D eigenvalue weighted by Crippen LogP contribution is -2.62. The van der Waals surface area contributed by atoms with Crippen LogP contribution in [0.1, 0.15) is 127 Å². The highest BCUT2D eigenvalue weighted by molar-refractivity contribution is 5.68. The Morgan fingerprint density at radius 1 is 0.615 bits per heavy atom. The zero-order chi connectivity index (χ0) is 46.0. The SMILES string of the molecule is CCCCCCCCCCCCC=C[C@@H](O)[C@H](C[C@@H]1O[C@H](COCc2ccccc2)[C@H](OCc2ccccc2)[C@H](OCc2ccccc2)[C@H]1OCc1ccccc1)NC(=O)OC(C)(C)C. The van der Waals surface area contributed by atoms with E-state index in [-0.39, 0.29) is 19.6 Å². The maximum absolute atomic E-state index is 13.5. The lowest BCUT2D eigenvalue weighted by Gasteiger charge is -2.47. The predicted molar refractivity (Wildman–Crippen MR) is 259 cm³/mol. The van der Waals surface area contributed by atoms with Gasteiger partial charge in [-0.2, -0.15) is 0 Å². The van der Waals surface area contributed by atoms with E-state index in [0.29, 0.717) is 19.8 Å². The Balaban J connectivity index is 1.41. The molecule has 7 atom stereocenters. The average molecular weight is 892 g/mol. The van der Waals surface area contributed by atoms with Crippen LogP contribution < -0.4 is 5.32 Å². The molecule has 0 radical (unpaired) electrons. The molecule has 4 aromatic rings. The molecule has 9 nitrogen and oxygen atoms in total. The number of alkyl carbamates (subject to hydrolysis) is 1. The molecule has 65 heavy (non-hydrogen) atoms. The maximum atomic E-state index is 13.5. The van der Waals surface area contributed by atoms with Gasteiger partial charge in [0.15, 0.2) is 0 Å². The standard InChI is InChI=1S/C56H77NO8/c1-5-6-7-8-9-10-11-12-13-14-15-28-37-49(58)48(57-55(59)65-56(2,3)4)38-50-52(61-40-45-31-22-17-23-32-45)54(63-42-47-35-26-19-27-36-47)53(62-41-46-33-24-18-25-34-46)51(64-50)43-60-39-44-29-20-16-21-30-44/h16-37,48-54,58H,5-15,38-43H2,1-4H3,(H,57,59)/t48-,49+,50-,51+,52-,53-,54+/m0/s1. The zero-order valence-electron chi connectivity index (χ0n) is 39.6. The summed E-state index contributed by atoms with van der Waals surface area (Å²) in [4.78, 5) is 13.5.